The van der Waals surface area contributed by atoms with Crippen molar-refractivity contribution < 1.29 is 4.52 Å². The van der Waals surface area contributed by atoms with Gasteiger partial charge in [-0.05, 0) is 45.9 Å². The highest BCUT2D eigenvalue weighted by Gasteiger charge is 2.24. The molecule has 0 spiro atoms. The van der Waals surface area contributed by atoms with Gasteiger partial charge in [-0.15, -0.1) is 0 Å². The Bertz CT molecular complexity index is 859. The molecule has 0 saturated heterocycles. The molecular formula is C16H16N4O. The van der Waals surface area contributed by atoms with Gasteiger partial charge < -0.3 is 9.09 Å². The molecule has 106 valence electrons. The molecule has 0 saturated carbocycles. The van der Waals surface area contributed by atoms with Crippen LogP contribution in [0.4, 0.5) is 0 Å². The first-order valence-electron chi connectivity index (χ1n) is 6.77. The molecule has 5 nitrogen and oxygen atoms in total. The molecule has 0 aliphatic heterocycles. The monoisotopic (exact) mass is 280 g/mol. The molecular weight excluding hydrogens is 264 g/mol. The maximum atomic E-state index is 9.04. The fraction of sp³-hybridized carbons (Fsp3) is 0.312. The van der Waals surface area contributed by atoms with Crippen LogP contribution in [0.1, 0.15) is 32.1 Å². The number of nitrogens with zero attached hydrogens (tertiary/aromatic N) is 4. The highest BCUT2D eigenvalue weighted by atomic mass is 16.5. The van der Waals surface area contributed by atoms with Crippen molar-refractivity contribution in [2.24, 2.45) is 0 Å². The number of aromatic nitrogens is 3. The number of hydrogen-bond donors (Lipinski definition) is 0. The maximum absolute atomic E-state index is 9.04. The first kappa shape index (κ1) is 13.4. The van der Waals surface area contributed by atoms with E-state index in [2.05, 4.69) is 41.5 Å². The predicted molar refractivity (Wildman–Crippen MR) is 79.7 cm³/mol. The van der Waals surface area contributed by atoms with E-state index in [9.17, 15) is 0 Å². The van der Waals surface area contributed by atoms with Gasteiger partial charge in [0.05, 0.1) is 22.7 Å². The Kier molecular flexibility index (Phi) is 2.84. The Morgan fingerprint density at radius 1 is 1.24 bits per heavy atom. The quantitative estimate of drug-likeness (QED) is 0.682. The molecule has 0 N–H and O–H groups in total. The molecule has 3 rings (SSSR count). The summed E-state index contributed by atoms with van der Waals surface area (Å²) in [7, 11) is 0. The van der Waals surface area contributed by atoms with Crippen LogP contribution in [0.2, 0.25) is 0 Å². The second-order valence-corrected chi connectivity index (χ2v) is 6.08. The molecule has 21 heavy (non-hydrogen) atoms. The van der Waals surface area contributed by atoms with E-state index < -0.39 is 0 Å². The van der Waals surface area contributed by atoms with Crippen LogP contribution in [0.15, 0.2) is 28.8 Å². The van der Waals surface area contributed by atoms with Crippen molar-refractivity contribution in [1.29, 1.82) is 5.26 Å². The lowest BCUT2D eigenvalue weighted by molar-refractivity contribution is 0.393. The number of nitriles is 1. The van der Waals surface area contributed by atoms with E-state index in [0.29, 0.717) is 11.3 Å². The van der Waals surface area contributed by atoms with E-state index >= 15 is 0 Å². The minimum Gasteiger partial charge on any atom is -0.361 e. The summed E-state index contributed by atoms with van der Waals surface area (Å²) in [6, 6.07) is 9.56. The molecule has 2 heterocycles. The lowest BCUT2D eigenvalue weighted by Crippen LogP contribution is -2.22. The third-order valence-corrected chi connectivity index (χ3v) is 3.31. The zero-order valence-electron chi connectivity index (χ0n) is 12.5. The summed E-state index contributed by atoms with van der Waals surface area (Å²) in [5, 5.41) is 13.1. The van der Waals surface area contributed by atoms with Crippen LogP contribution in [0.3, 0.4) is 0 Å². The van der Waals surface area contributed by atoms with Crippen LogP contribution in [0.25, 0.3) is 22.6 Å². The molecule has 0 atom stereocenters. The fourth-order valence-corrected chi connectivity index (χ4v) is 2.47. The maximum Gasteiger partial charge on any atom is 0.163 e. The average molecular weight is 280 g/mol. The number of benzene rings is 1. The van der Waals surface area contributed by atoms with E-state index in [4.69, 9.17) is 9.78 Å². The second kappa shape index (κ2) is 4.45. The molecule has 5 heteroatoms. The van der Waals surface area contributed by atoms with Gasteiger partial charge in [0.2, 0.25) is 0 Å². The predicted octanol–water partition coefficient (Wildman–Crippen LogP) is 3.63. The Morgan fingerprint density at radius 3 is 2.57 bits per heavy atom. The normalized spacial score (nSPS) is 11.8. The van der Waals surface area contributed by atoms with Crippen LogP contribution in [-0.2, 0) is 5.54 Å². The molecule has 0 aliphatic carbocycles. The summed E-state index contributed by atoms with van der Waals surface area (Å²) in [5.41, 5.74) is 2.92. The molecule has 0 unspecified atom stereocenters. The number of hydrogen-bond acceptors (Lipinski definition) is 4. The molecule has 1 aromatic carbocycles. The third-order valence-electron chi connectivity index (χ3n) is 3.31. The van der Waals surface area contributed by atoms with Crippen molar-refractivity contribution in [2.75, 3.05) is 0 Å². The topological polar surface area (TPSA) is 67.6 Å². The van der Waals surface area contributed by atoms with Crippen molar-refractivity contribution in [3.8, 4) is 17.6 Å². The summed E-state index contributed by atoms with van der Waals surface area (Å²) >= 11 is 0. The van der Waals surface area contributed by atoms with E-state index in [1.165, 1.54) is 0 Å². The van der Waals surface area contributed by atoms with E-state index in [-0.39, 0.29) is 5.54 Å². The summed E-state index contributed by atoms with van der Waals surface area (Å²) in [5.74, 6) is 1.50. The summed E-state index contributed by atoms with van der Waals surface area (Å²) in [6.07, 6.45) is 0. The van der Waals surface area contributed by atoms with Crippen LogP contribution >= 0.6 is 0 Å². The Morgan fingerprint density at radius 2 is 2.00 bits per heavy atom. The van der Waals surface area contributed by atoms with Crippen LogP contribution in [0.5, 0.6) is 0 Å². The van der Waals surface area contributed by atoms with Gasteiger partial charge in [0.25, 0.3) is 0 Å². The van der Waals surface area contributed by atoms with Gasteiger partial charge in [-0.1, -0.05) is 5.16 Å². The SMILES string of the molecule is Cc1cc(-c2nc3cc(C#N)ccc3n2C(C)(C)C)no1. The molecule has 0 radical (unpaired) electrons. The summed E-state index contributed by atoms with van der Waals surface area (Å²) in [4.78, 5) is 4.66. The number of imidazole rings is 1. The standard InChI is InChI=1S/C16H16N4O/c1-10-7-13(19-21-10)15-18-12-8-11(9-17)5-6-14(12)20(15)16(2,3)4/h5-8H,1-4H3. The number of fused-ring (bicyclic) bond motifs is 1. The number of rotatable bonds is 1. The van der Waals surface area contributed by atoms with Gasteiger partial charge in [0.15, 0.2) is 5.82 Å². The van der Waals surface area contributed by atoms with E-state index in [1.54, 1.807) is 6.07 Å². The minimum atomic E-state index is -0.162. The fourth-order valence-electron chi connectivity index (χ4n) is 2.47. The molecule has 3 aromatic rings. The van der Waals surface area contributed by atoms with Gasteiger partial charge in [-0.25, -0.2) is 4.98 Å². The zero-order chi connectivity index (χ0) is 15.2. The van der Waals surface area contributed by atoms with E-state index in [1.807, 2.05) is 25.1 Å². The Balaban J connectivity index is 2.35. The van der Waals surface area contributed by atoms with Gasteiger partial charge in [-0.3, -0.25) is 0 Å². The molecule has 0 bridgehead atoms. The van der Waals surface area contributed by atoms with Gasteiger partial charge in [0.1, 0.15) is 11.5 Å². The van der Waals surface area contributed by atoms with Crippen LogP contribution in [0, 0.1) is 18.3 Å². The average Bonchev–Trinajstić information content (AvgIpc) is 3.00. The minimum absolute atomic E-state index is 0.162. The highest BCUT2D eigenvalue weighted by molar-refractivity contribution is 5.81. The van der Waals surface area contributed by atoms with Crippen molar-refractivity contribution in [3.05, 3.63) is 35.6 Å². The smallest absolute Gasteiger partial charge is 0.163 e. The van der Waals surface area contributed by atoms with Crippen molar-refractivity contribution >= 4 is 11.0 Å². The van der Waals surface area contributed by atoms with Crippen LogP contribution < -0.4 is 0 Å². The van der Waals surface area contributed by atoms with Crippen molar-refractivity contribution in [2.45, 2.75) is 33.2 Å². The highest BCUT2D eigenvalue weighted by Crippen LogP contribution is 2.31. The largest absolute Gasteiger partial charge is 0.361 e. The van der Waals surface area contributed by atoms with Gasteiger partial charge in [-0.2, -0.15) is 5.26 Å². The molecule has 0 aliphatic rings. The van der Waals surface area contributed by atoms with Crippen molar-refractivity contribution in [3.63, 3.8) is 0 Å². The third kappa shape index (κ3) is 2.19. The van der Waals surface area contributed by atoms with Crippen molar-refractivity contribution in [1.82, 2.24) is 14.7 Å². The Hall–Kier alpha value is -2.61. The second-order valence-electron chi connectivity index (χ2n) is 6.08. The first-order chi connectivity index (χ1) is 9.90. The van der Waals surface area contributed by atoms with E-state index in [0.717, 1.165) is 22.6 Å². The van der Waals surface area contributed by atoms with Gasteiger partial charge >= 0.3 is 0 Å². The lowest BCUT2D eigenvalue weighted by Gasteiger charge is -2.24. The first-order valence-corrected chi connectivity index (χ1v) is 6.77. The zero-order valence-corrected chi connectivity index (χ0v) is 12.5. The lowest BCUT2D eigenvalue weighted by atomic mass is 10.1. The number of aryl methyl sites for hydroxylation is 1. The summed E-state index contributed by atoms with van der Waals surface area (Å²) in [6.45, 7) is 8.20. The molecule has 2 aromatic heterocycles. The Labute approximate surface area is 122 Å². The summed E-state index contributed by atoms with van der Waals surface area (Å²) < 4.78 is 7.30. The molecule has 0 amide bonds. The van der Waals surface area contributed by atoms with Gasteiger partial charge in [0, 0.05) is 11.6 Å². The molecule has 0 fully saturated rings. The van der Waals surface area contributed by atoms with Crippen LogP contribution in [-0.4, -0.2) is 14.7 Å².